The first-order valence-corrected chi connectivity index (χ1v) is 7.20. The highest BCUT2D eigenvalue weighted by atomic mass is 16.5. The van der Waals surface area contributed by atoms with Crippen LogP contribution in [0.1, 0.15) is 28.9 Å². The number of hydrogen-bond acceptors (Lipinski definition) is 6. The fourth-order valence-corrected chi connectivity index (χ4v) is 2.38. The van der Waals surface area contributed by atoms with Gasteiger partial charge < -0.3 is 26.3 Å². The number of aliphatic carboxylic acids is 1. The molecule has 1 rings (SSSR count). The molecular weight excluding hydrogens is 316 g/mol. The number of hydroxylamine groups is 1. The predicted octanol–water partition coefficient (Wildman–Crippen LogP) is -0.755. The third kappa shape index (κ3) is 4.28. The van der Waals surface area contributed by atoms with Crippen molar-refractivity contribution in [3.05, 3.63) is 35.4 Å². The van der Waals surface area contributed by atoms with Crippen LogP contribution in [0.4, 0.5) is 0 Å². The van der Waals surface area contributed by atoms with Gasteiger partial charge >= 0.3 is 5.97 Å². The normalized spacial score (nSPS) is 14.3. The first-order chi connectivity index (χ1) is 11.3. The Labute approximate surface area is 139 Å². The van der Waals surface area contributed by atoms with E-state index < -0.39 is 35.9 Å². The van der Waals surface area contributed by atoms with E-state index in [1.807, 2.05) is 5.48 Å². The summed E-state index contributed by atoms with van der Waals surface area (Å²) in [7, 11) is 3.09. The van der Waals surface area contributed by atoms with Crippen LogP contribution in [0, 0.1) is 0 Å². The Balaban J connectivity index is 3.02. The van der Waals surface area contributed by atoms with Gasteiger partial charge in [-0.05, 0) is 31.7 Å². The number of benzene rings is 1. The highest BCUT2D eigenvalue weighted by molar-refractivity contribution is 5.95. The molecule has 9 nitrogen and oxygen atoms in total. The molecule has 132 valence electrons. The van der Waals surface area contributed by atoms with Crippen LogP contribution in [0.25, 0.3) is 0 Å². The Morgan fingerprint density at radius 1 is 1.17 bits per heavy atom. The fourth-order valence-electron chi connectivity index (χ4n) is 2.38. The summed E-state index contributed by atoms with van der Waals surface area (Å²) < 4.78 is 0. The molecule has 2 amide bonds. The number of nitrogens with one attached hydrogen (secondary N) is 4. The number of rotatable bonds is 8. The summed E-state index contributed by atoms with van der Waals surface area (Å²) in [5.74, 6) is -2.07. The Morgan fingerprint density at radius 2 is 1.75 bits per heavy atom. The molecular formula is C15H22N4O5. The van der Waals surface area contributed by atoms with Gasteiger partial charge in [0.15, 0.2) is 0 Å². The van der Waals surface area contributed by atoms with Crippen LogP contribution < -0.4 is 21.4 Å². The second-order valence-corrected chi connectivity index (χ2v) is 5.31. The van der Waals surface area contributed by atoms with Crippen molar-refractivity contribution in [2.75, 3.05) is 20.6 Å². The van der Waals surface area contributed by atoms with Crippen molar-refractivity contribution >= 4 is 17.8 Å². The lowest BCUT2D eigenvalue weighted by Gasteiger charge is -2.34. The summed E-state index contributed by atoms with van der Waals surface area (Å²) >= 11 is 0. The van der Waals surface area contributed by atoms with Crippen molar-refractivity contribution in [2.45, 2.75) is 18.5 Å². The fraction of sp³-hybridized carbons (Fsp3) is 0.400. The van der Waals surface area contributed by atoms with Gasteiger partial charge in [0.05, 0.1) is 6.04 Å². The molecule has 0 saturated carbocycles. The molecule has 1 aromatic carbocycles. The molecule has 0 aliphatic rings. The molecule has 0 fully saturated rings. The third-order valence-corrected chi connectivity index (χ3v) is 3.70. The molecule has 9 heteroatoms. The number of amides is 2. The van der Waals surface area contributed by atoms with Crippen LogP contribution in [0.3, 0.4) is 0 Å². The lowest BCUT2D eigenvalue weighted by molar-refractivity contribution is -0.136. The molecule has 0 bridgehead atoms. The number of carboxylic acid groups (broad SMARTS) is 1. The first kappa shape index (κ1) is 19.6. The smallest absolute Gasteiger partial charge is 0.322 e. The van der Waals surface area contributed by atoms with Crippen LogP contribution in [0.2, 0.25) is 0 Å². The Bertz CT molecular complexity index is 604. The van der Waals surface area contributed by atoms with Gasteiger partial charge in [-0.1, -0.05) is 12.1 Å². The average molecular weight is 338 g/mol. The Kier molecular flexibility index (Phi) is 6.83. The zero-order chi connectivity index (χ0) is 18.3. The lowest BCUT2D eigenvalue weighted by atomic mass is 9.86. The molecule has 0 aliphatic heterocycles. The van der Waals surface area contributed by atoms with E-state index in [1.165, 1.54) is 26.1 Å². The standard InChI is InChI=1S/C15H22N4O5/c1-15(19-24,14(23)17-3)12(16-2)9-4-6-10(7-5-9)13(22)18-8-11(20)21/h4-7,12,16,19,24H,8H2,1-3H3,(H,17,23)(H,18,22)(H,20,21). The van der Waals surface area contributed by atoms with Crippen molar-refractivity contribution < 1.29 is 24.7 Å². The van der Waals surface area contributed by atoms with Crippen molar-refractivity contribution in [1.82, 2.24) is 21.4 Å². The number of likely N-dealkylation sites (N-methyl/N-ethyl adjacent to an activating group) is 2. The molecule has 1 aromatic rings. The van der Waals surface area contributed by atoms with Gasteiger partial charge in [-0.15, -0.1) is 0 Å². The lowest BCUT2D eigenvalue weighted by Crippen LogP contribution is -2.59. The van der Waals surface area contributed by atoms with Gasteiger partial charge in [0.2, 0.25) is 5.91 Å². The molecule has 0 heterocycles. The van der Waals surface area contributed by atoms with Crippen LogP contribution in [-0.4, -0.2) is 54.3 Å². The second-order valence-electron chi connectivity index (χ2n) is 5.31. The summed E-state index contributed by atoms with van der Waals surface area (Å²) in [6, 6.07) is 5.68. The van der Waals surface area contributed by atoms with Gasteiger partial charge in [0, 0.05) is 12.6 Å². The van der Waals surface area contributed by atoms with Gasteiger partial charge in [-0.25, -0.2) is 0 Å². The minimum atomic E-state index is -1.34. The van der Waals surface area contributed by atoms with Gasteiger partial charge in [-0.3, -0.25) is 14.4 Å². The highest BCUT2D eigenvalue weighted by Gasteiger charge is 2.41. The van der Waals surface area contributed by atoms with E-state index in [1.54, 1.807) is 19.2 Å². The van der Waals surface area contributed by atoms with Gasteiger partial charge in [0.1, 0.15) is 12.1 Å². The maximum Gasteiger partial charge on any atom is 0.322 e. The van der Waals surface area contributed by atoms with Crippen LogP contribution >= 0.6 is 0 Å². The minimum Gasteiger partial charge on any atom is -0.480 e. The number of hydrogen-bond donors (Lipinski definition) is 6. The highest BCUT2D eigenvalue weighted by Crippen LogP contribution is 2.26. The van der Waals surface area contributed by atoms with E-state index in [9.17, 15) is 19.6 Å². The van der Waals surface area contributed by atoms with Crippen molar-refractivity contribution in [3.63, 3.8) is 0 Å². The number of carbonyl (C=O) groups is 3. The first-order valence-electron chi connectivity index (χ1n) is 7.20. The molecule has 2 atom stereocenters. The quantitative estimate of drug-likeness (QED) is 0.343. The summed E-state index contributed by atoms with van der Waals surface area (Å²) in [6.07, 6.45) is 0. The zero-order valence-corrected chi connectivity index (χ0v) is 13.7. The van der Waals surface area contributed by atoms with E-state index in [-0.39, 0.29) is 5.56 Å². The SMILES string of the molecule is CNC(=O)C(C)(NO)C(NC)c1ccc(C(=O)NCC(=O)O)cc1. The maximum atomic E-state index is 12.1. The van der Waals surface area contributed by atoms with E-state index in [0.29, 0.717) is 5.56 Å². The molecule has 24 heavy (non-hydrogen) atoms. The molecule has 2 unspecified atom stereocenters. The summed E-state index contributed by atoms with van der Waals surface area (Å²) in [5, 5.41) is 25.7. The second kappa shape index (κ2) is 8.39. The monoisotopic (exact) mass is 338 g/mol. The van der Waals surface area contributed by atoms with Crippen LogP contribution in [0.15, 0.2) is 24.3 Å². The topological polar surface area (TPSA) is 140 Å². The molecule has 0 radical (unpaired) electrons. The maximum absolute atomic E-state index is 12.1. The largest absolute Gasteiger partial charge is 0.480 e. The van der Waals surface area contributed by atoms with E-state index in [2.05, 4.69) is 16.0 Å². The molecule has 0 aliphatic carbocycles. The van der Waals surface area contributed by atoms with Crippen LogP contribution in [-0.2, 0) is 9.59 Å². The Hall–Kier alpha value is -2.49. The molecule has 0 aromatic heterocycles. The van der Waals surface area contributed by atoms with E-state index in [0.717, 1.165) is 0 Å². The van der Waals surface area contributed by atoms with Gasteiger partial charge in [-0.2, -0.15) is 5.48 Å². The third-order valence-electron chi connectivity index (χ3n) is 3.70. The molecule has 6 N–H and O–H groups in total. The van der Waals surface area contributed by atoms with Crippen molar-refractivity contribution in [3.8, 4) is 0 Å². The molecule has 0 spiro atoms. The van der Waals surface area contributed by atoms with Crippen LogP contribution in [0.5, 0.6) is 0 Å². The summed E-state index contributed by atoms with van der Waals surface area (Å²) in [5.41, 5.74) is 1.63. The van der Waals surface area contributed by atoms with Crippen molar-refractivity contribution in [2.24, 2.45) is 0 Å². The minimum absolute atomic E-state index is 0.286. The molecule has 0 saturated heterocycles. The average Bonchev–Trinajstić information content (AvgIpc) is 2.59. The van der Waals surface area contributed by atoms with E-state index >= 15 is 0 Å². The summed E-state index contributed by atoms with van der Waals surface area (Å²) in [6.45, 7) is 1.06. The summed E-state index contributed by atoms with van der Waals surface area (Å²) in [4.78, 5) is 34.3. The van der Waals surface area contributed by atoms with E-state index in [4.69, 9.17) is 5.11 Å². The Morgan fingerprint density at radius 3 is 2.17 bits per heavy atom. The predicted molar refractivity (Wildman–Crippen MR) is 85.6 cm³/mol. The van der Waals surface area contributed by atoms with Gasteiger partial charge in [0.25, 0.3) is 5.91 Å². The number of carbonyl (C=O) groups excluding carboxylic acids is 2. The van der Waals surface area contributed by atoms with Crippen molar-refractivity contribution in [1.29, 1.82) is 0 Å². The zero-order valence-electron chi connectivity index (χ0n) is 13.7. The number of carboxylic acids is 1.